The Kier molecular flexibility index (Phi) is 4.90. The highest BCUT2D eigenvalue weighted by molar-refractivity contribution is 5.52. The number of aliphatic hydroxyl groups is 1. The second-order valence-electron chi connectivity index (χ2n) is 3.47. The summed E-state index contributed by atoms with van der Waals surface area (Å²) < 4.78 is 5.13. The van der Waals surface area contributed by atoms with Crippen LogP contribution in [0.25, 0.3) is 0 Å². The summed E-state index contributed by atoms with van der Waals surface area (Å²) in [6, 6.07) is 4.10. The quantitative estimate of drug-likeness (QED) is 0.749. The van der Waals surface area contributed by atoms with E-state index in [2.05, 4.69) is 17.2 Å². The Hall–Kier alpha value is -1.29. The van der Waals surface area contributed by atoms with E-state index in [1.165, 1.54) is 0 Å². The van der Waals surface area contributed by atoms with Gasteiger partial charge in [0.05, 0.1) is 12.8 Å². The maximum absolute atomic E-state index is 8.72. The molecule has 0 aliphatic carbocycles. The van der Waals surface area contributed by atoms with Crippen LogP contribution in [-0.4, -0.2) is 29.8 Å². The van der Waals surface area contributed by atoms with Gasteiger partial charge >= 0.3 is 0 Å². The zero-order valence-corrected chi connectivity index (χ0v) is 9.23. The van der Waals surface area contributed by atoms with Crippen LogP contribution in [0.5, 0.6) is 5.88 Å². The van der Waals surface area contributed by atoms with Crippen molar-refractivity contribution in [2.24, 2.45) is 0 Å². The molecule has 0 spiro atoms. The van der Waals surface area contributed by atoms with E-state index in [0.717, 1.165) is 18.5 Å². The molecule has 1 atom stereocenters. The van der Waals surface area contributed by atoms with Crippen molar-refractivity contribution >= 4 is 5.69 Å². The molecule has 1 aromatic heterocycles. The highest BCUT2D eigenvalue weighted by Gasteiger charge is 2.06. The van der Waals surface area contributed by atoms with Crippen LogP contribution in [0.15, 0.2) is 18.3 Å². The number of anilines is 1. The number of rotatable bonds is 6. The van der Waals surface area contributed by atoms with Gasteiger partial charge in [0, 0.05) is 18.8 Å². The Balaban J connectivity index is 2.55. The van der Waals surface area contributed by atoms with E-state index in [1.54, 1.807) is 13.3 Å². The molecule has 0 amide bonds. The summed E-state index contributed by atoms with van der Waals surface area (Å²) in [6.45, 7) is 2.30. The van der Waals surface area contributed by atoms with Crippen molar-refractivity contribution in [1.82, 2.24) is 4.98 Å². The molecule has 0 radical (unpaired) electrons. The van der Waals surface area contributed by atoms with E-state index in [9.17, 15) is 0 Å². The monoisotopic (exact) mass is 210 g/mol. The van der Waals surface area contributed by atoms with Crippen molar-refractivity contribution in [3.63, 3.8) is 0 Å². The molecule has 0 saturated carbocycles. The summed E-state index contributed by atoms with van der Waals surface area (Å²) in [5, 5.41) is 12.0. The van der Waals surface area contributed by atoms with Gasteiger partial charge in [0.25, 0.3) is 0 Å². The number of nitrogens with zero attached hydrogens (tertiary/aromatic N) is 1. The van der Waals surface area contributed by atoms with Crippen LogP contribution >= 0.6 is 0 Å². The smallest absolute Gasteiger partial charge is 0.237 e. The molecule has 4 nitrogen and oxygen atoms in total. The summed E-state index contributed by atoms with van der Waals surface area (Å²) in [5.74, 6) is 0.605. The Labute approximate surface area is 90.3 Å². The lowest BCUT2D eigenvalue weighted by molar-refractivity contribution is 0.282. The van der Waals surface area contributed by atoms with Crippen molar-refractivity contribution < 1.29 is 9.84 Å². The molecule has 4 heteroatoms. The normalized spacial score (nSPS) is 12.2. The molecule has 0 bridgehead atoms. The third-order valence-corrected chi connectivity index (χ3v) is 2.16. The average Bonchev–Trinajstić information content (AvgIpc) is 2.27. The average molecular weight is 210 g/mol. The van der Waals surface area contributed by atoms with Gasteiger partial charge in [-0.3, -0.25) is 0 Å². The lowest BCUT2D eigenvalue weighted by Crippen LogP contribution is -2.16. The van der Waals surface area contributed by atoms with Crippen molar-refractivity contribution in [2.75, 3.05) is 19.0 Å². The number of nitrogens with one attached hydrogen (secondary N) is 1. The summed E-state index contributed by atoms with van der Waals surface area (Å²) >= 11 is 0. The van der Waals surface area contributed by atoms with Gasteiger partial charge in [-0.05, 0) is 31.9 Å². The SMILES string of the molecule is COc1ncccc1NC(C)CCCO. The first-order valence-corrected chi connectivity index (χ1v) is 5.14. The van der Waals surface area contributed by atoms with Gasteiger partial charge in [-0.2, -0.15) is 0 Å². The molecule has 1 unspecified atom stereocenters. The van der Waals surface area contributed by atoms with Gasteiger partial charge in [0.2, 0.25) is 5.88 Å². The third kappa shape index (κ3) is 3.75. The third-order valence-electron chi connectivity index (χ3n) is 2.16. The van der Waals surface area contributed by atoms with E-state index < -0.39 is 0 Å². The Morgan fingerprint density at radius 1 is 1.60 bits per heavy atom. The molecule has 0 saturated heterocycles. The molecular weight excluding hydrogens is 192 g/mol. The topological polar surface area (TPSA) is 54.4 Å². The first-order chi connectivity index (χ1) is 7.27. The molecule has 84 valence electrons. The predicted octanol–water partition coefficient (Wildman–Crippen LogP) is 1.66. The number of pyridine rings is 1. The fraction of sp³-hybridized carbons (Fsp3) is 0.545. The lowest BCUT2D eigenvalue weighted by Gasteiger charge is -2.16. The Morgan fingerprint density at radius 3 is 3.07 bits per heavy atom. The van der Waals surface area contributed by atoms with Gasteiger partial charge in [-0.1, -0.05) is 0 Å². The highest BCUT2D eigenvalue weighted by Crippen LogP contribution is 2.21. The number of aromatic nitrogens is 1. The molecule has 0 aliphatic heterocycles. The molecule has 1 heterocycles. The molecule has 1 aromatic rings. The van der Waals surface area contributed by atoms with E-state index in [4.69, 9.17) is 9.84 Å². The van der Waals surface area contributed by atoms with E-state index in [1.807, 2.05) is 12.1 Å². The molecule has 0 aliphatic rings. The minimum atomic E-state index is 0.232. The van der Waals surface area contributed by atoms with E-state index >= 15 is 0 Å². The first kappa shape index (κ1) is 11.8. The molecule has 2 N–H and O–H groups in total. The standard InChI is InChI=1S/C11H18N2O2/c1-9(5-4-8-14)13-10-6-3-7-12-11(10)15-2/h3,6-7,9,13-14H,4-5,8H2,1-2H3. The number of aliphatic hydroxyl groups excluding tert-OH is 1. The zero-order chi connectivity index (χ0) is 11.1. The van der Waals surface area contributed by atoms with Crippen molar-refractivity contribution in [3.05, 3.63) is 18.3 Å². The molecule has 1 rings (SSSR count). The number of methoxy groups -OCH3 is 1. The van der Waals surface area contributed by atoms with Gasteiger partial charge < -0.3 is 15.2 Å². The second kappa shape index (κ2) is 6.24. The van der Waals surface area contributed by atoms with Crippen LogP contribution in [0.2, 0.25) is 0 Å². The maximum atomic E-state index is 8.72. The van der Waals surface area contributed by atoms with Crippen molar-refractivity contribution in [1.29, 1.82) is 0 Å². The molecule has 0 aromatic carbocycles. The fourth-order valence-corrected chi connectivity index (χ4v) is 1.40. The van der Waals surface area contributed by atoms with Crippen LogP contribution in [0.4, 0.5) is 5.69 Å². The summed E-state index contributed by atoms with van der Waals surface area (Å²) in [5.41, 5.74) is 0.894. The molecule has 0 fully saturated rings. The minimum absolute atomic E-state index is 0.232. The highest BCUT2D eigenvalue weighted by atomic mass is 16.5. The minimum Gasteiger partial charge on any atom is -0.480 e. The zero-order valence-electron chi connectivity index (χ0n) is 9.23. The molecule has 15 heavy (non-hydrogen) atoms. The van der Waals surface area contributed by atoms with Gasteiger partial charge in [-0.25, -0.2) is 4.98 Å². The maximum Gasteiger partial charge on any atom is 0.237 e. The Morgan fingerprint density at radius 2 is 2.40 bits per heavy atom. The summed E-state index contributed by atoms with van der Waals surface area (Å²) in [7, 11) is 1.60. The first-order valence-electron chi connectivity index (χ1n) is 5.14. The van der Waals surface area contributed by atoms with Crippen molar-refractivity contribution in [3.8, 4) is 5.88 Å². The lowest BCUT2D eigenvalue weighted by atomic mass is 10.2. The van der Waals surface area contributed by atoms with Crippen LogP contribution in [0.3, 0.4) is 0 Å². The van der Waals surface area contributed by atoms with Crippen LogP contribution in [0, 0.1) is 0 Å². The predicted molar refractivity (Wildman–Crippen MR) is 60.2 cm³/mol. The number of ether oxygens (including phenoxy) is 1. The van der Waals surface area contributed by atoms with Crippen LogP contribution in [-0.2, 0) is 0 Å². The van der Waals surface area contributed by atoms with Crippen LogP contribution in [0.1, 0.15) is 19.8 Å². The molecular formula is C11H18N2O2. The fourth-order valence-electron chi connectivity index (χ4n) is 1.40. The summed E-state index contributed by atoms with van der Waals surface area (Å²) in [6.07, 6.45) is 3.42. The van der Waals surface area contributed by atoms with E-state index in [0.29, 0.717) is 11.9 Å². The van der Waals surface area contributed by atoms with Crippen LogP contribution < -0.4 is 10.1 Å². The second-order valence-corrected chi connectivity index (χ2v) is 3.47. The van der Waals surface area contributed by atoms with Crippen molar-refractivity contribution in [2.45, 2.75) is 25.8 Å². The van der Waals surface area contributed by atoms with Gasteiger partial charge in [-0.15, -0.1) is 0 Å². The van der Waals surface area contributed by atoms with E-state index in [-0.39, 0.29) is 6.61 Å². The van der Waals surface area contributed by atoms with Gasteiger partial charge in [0.1, 0.15) is 0 Å². The number of hydrogen-bond acceptors (Lipinski definition) is 4. The van der Waals surface area contributed by atoms with Gasteiger partial charge in [0.15, 0.2) is 0 Å². The summed E-state index contributed by atoms with van der Waals surface area (Å²) in [4.78, 5) is 4.10. The number of hydrogen-bond donors (Lipinski definition) is 2. The Bertz CT molecular complexity index is 292. The largest absolute Gasteiger partial charge is 0.480 e.